The zero-order chi connectivity index (χ0) is 41.1. The molecule has 57 heavy (non-hydrogen) atoms. The molecule has 3 atom stereocenters. The van der Waals surface area contributed by atoms with Crippen molar-refractivity contribution in [3.8, 4) is 34.5 Å². The lowest BCUT2D eigenvalue weighted by Gasteiger charge is -2.28. The Kier molecular flexibility index (Phi) is 14.6. The Hall–Kier alpha value is -6.03. The third-order valence-electron chi connectivity index (χ3n) is 9.62. The van der Waals surface area contributed by atoms with Crippen LogP contribution in [-0.2, 0) is 32.1 Å². The predicted molar refractivity (Wildman–Crippen MR) is 207 cm³/mol. The van der Waals surface area contributed by atoms with Crippen molar-refractivity contribution >= 4 is 29.5 Å². The molecule has 0 saturated heterocycles. The summed E-state index contributed by atoms with van der Waals surface area (Å²) in [4.78, 5) is 69.0. The van der Waals surface area contributed by atoms with Crippen molar-refractivity contribution in [2.45, 2.75) is 71.2 Å². The van der Waals surface area contributed by atoms with Crippen molar-refractivity contribution in [1.29, 1.82) is 0 Å². The molecule has 0 aromatic heterocycles. The molecule has 0 spiro atoms. The number of hydrogen-bond acceptors (Lipinski definition) is 11. The van der Waals surface area contributed by atoms with E-state index in [0.717, 1.165) is 5.56 Å². The number of fused-ring (bicyclic) bond motifs is 4. The van der Waals surface area contributed by atoms with Gasteiger partial charge >= 0.3 is 0 Å². The van der Waals surface area contributed by atoms with Crippen molar-refractivity contribution in [2.75, 3.05) is 40.6 Å². The first-order chi connectivity index (χ1) is 27.4. The highest BCUT2D eigenvalue weighted by molar-refractivity contribution is 5.95. The summed E-state index contributed by atoms with van der Waals surface area (Å²) >= 11 is 0. The van der Waals surface area contributed by atoms with E-state index in [-0.39, 0.29) is 50.4 Å². The van der Waals surface area contributed by atoms with Gasteiger partial charge in [0.15, 0.2) is 23.0 Å². The summed E-state index contributed by atoms with van der Waals surface area (Å²) in [5.74, 6) is -0.532. The van der Waals surface area contributed by atoms with Gasteiger partial charge in [-0.05, 0) is 80.1 Å². The second-order valence-electron chi connectivity index (χ2n) is 14.1. The highest BCUT2D eigenvalue weighted by atomic mass is 16.7. The number of benzene rings is 3. The average molecular weight is 790 g/mol. The maximum absolute atomic E-state index is 13.7. The van der Waals surface area contributed by atoms with Gasteiger partial charge in [0, 0.05) is 25.1 Å². The van der Waals surface area contributed by atoms with Gasteiger partial charge < -0.3 is 55.0 Å². The quantitative estimate of drug-likeness (QED) is 0.236. The Labute approximate surface area is 331 Å². The van der Waals surface area contributed by atoms with E-state index >= 15 is 0 Å². The van der Waals surface area contributed by atoms with E-state index in [9.17, 15) is 29.1 Å². The molecule has 3 aromatic rings. The van der Waals surface area contributed by atoms with Gasteiger partial charge in [-0.25, -0.2) is 0 Å². The van der Waals surface area contributed by atoms with Crippen molar-refractivity contribution < 1.29 is 52.8 Å². The lowest BCUT2D eigenvalue weighted by Crippen LogP contribution is -2.59. The number of ether oxygens (including phenoxy) is 5. The van der Waals surface area contributed by atoms with E-state index in [1.54, 1.807) is 56.3 Å². The zero-order valence-corrected chi connectivity index (χ0v) is 32.8. The van der Waals surface area contributed by atoms with Crippen molar-refractivity contribution in [2.24, 2.45) is 5.92 Å². The van der Waals surface area contributed by atoms with E-state index in [1.807, 2.05) is 12.1 Å². The SMILES string of the molecule is COc1ccc2cc1Oc1cccc(OC)c1CNC(=O)[C@@H](C(C)C)NC(=O)[C@H]([C@@H](C)O)NC(=O)CN(C(=O)CCc1ccc3c(c1)OCO3)CCCCNC2=O. The topological polar surface area (TPSA) is 203 Å². The molecule has 0 aliphatic carbocycles. The summed E-state index contributed by atoms with van der Waals surface area (Å²) in [6, 6.07) is 12.8. The van der Waals surface area contributed by atoms with Crippen LogP contribution in [0.4, 0.5) is 0 Å². The molecule has 2 aliphatic rings. The number of aliphatic hydroxyl groups is 1. The van der Waals surface area contributed by atoms with Crippen molar-refractivity contribution in [3.63, 3.8) is 0 Å². The summed E-state index contributed by atoms with van der Waals surface area (Å²) in [7, 11) is 2.95. The summed E-state index contributed by atoms with van der Waals surface area (Å²) in [5.41, 5.74) is 1.63. The van der Waals surface area contributed by atoms with E-state index < -0.39 is 48.4 Å². The van der Waals surface area contributed by atoms with Gasteiger partial charge in [-0.1, -0.05) is 26.0 Å². The fourth-order valence-electron chi connectivity index (χ4n) is 6.41. The van der Waals surface area contributed by atoms with Crippen LogP contribution in [0, 0.1) is 5.92 Å². The molecular formula is C41H51N5O11. The fraction of sp³-hybridized carbons (Fsp3) is 0.439. The summed E-state index contributed by atoms with van der Waals surface area (Å²) in [5, 5.41) is 21.6. The van der Waals surface area contributed by atoms with E-state index in [4.69, 9.17) is 23.7 Å². The minimum atomic E-state index is -1.44. The molecule has 5 rings (SSSR count). The van der Waals surface area contributed by atoms with E-state index in [1.165, 1.54) is 26.0 Å². The molecular weight excluding hydrogens is 738 g/mol. The van der Waals surface area contributed by atoms with Gasteiger partial charge in [-0.2, -0.15) is 0 Å². The second-order valence-corrected chi connectivity index (χ2v) is 14.1. The number of carbonyl (C=O) groups is 5. The van der Waals surface area contributed by atoms with Gasteiger partial charge in [0.25, 0.3) is 5.91 Å². The molecule has 3 aromatic carbocycles. The van der Waals surface area contributed by atoms with Gasteiger partial charge in [-0.3, -0.25) is 24.0 Å². The lowest BCUT2D eigenvalue weighted by atomic mass is 10.0. The first-order valence-electron chi connectivity index (χ1n) is 18.9. The standard InChI is InChI=1S/C41H51N5O11/c1-24(2)37-40(51)43-21-28-29(53-4)9-8-10-30(28)57-34-20-27(13-15-31(34)54-5)39(50)42-17-6-7-18-46(22-35(48)44-38(25(3)47)41(52)45-37)36(49)16-12-26-11-14-32-33(19-26)56-23-55-32/h8-11,13-15,19-20,24-25,37-38,47H,6-7,12,16-18,21-23H2,1-5H3,(H,42,50)(H,43,51)(H,44,48)(H,45,52)/t25-,37-,38+/m1/s1. The van der Waals surface area contributed by atoms with Gasteiger partial charge in [0.05, 0.1) is 39.0 Å². The van der Waals surface area contributed by atoms with Crippen molar-refractivity contribution in [3.05, 3.63) is 71.3 Å². The normalized spacial score (nSPS) is 18.9. The Morgan fingerprint density at radius 2 is 1.61 bits per heavy atom. The molecule has 2 aliphatic heterocycles. The summed E-state index contributed by atoms with van der Waals surface area (Å²) in [6.07, 6.45) is 0.00702. The molecule has 5 N–H and O–H groups in total. The smallest absolute Gasteiger partial charge is 0.251 e. The average Bonchev–Trinajstić information content (AvgIpc) is 3.67. The third-order valence-corrected chi connectivity index (χ3v) is 9.62. The Morgan fingerprint density at radius 3 is 2.35 bits per heavy atom. The highest BCUT2D eigenvalue weighted by Gasteiger charge is 2.32. The molecule has 2 heterocycles. The number of hydrogen-bond donors (Lipinski definition) is 5. The van der Waals surface area contributed by atoms with Crippen LogP contribution >= 0.6 is 0 Å². The van der Waals surface area contributed by atoms with Crippen LogP contribution in [0.2, 0.25) is 0 Å². The molecule has 16 nitrogen and oxygen atoms in total. The number of methoxy groups -OCH3 is 2. The summed E-state index contributed by atoms with van der Waals surface area (Å²) < 4.78 is 28.2. The molecule has 5 amide bonds. The molecule has 0 saturated carbocycles. The van der Waals surface area contributed by atoms with Gasteiger partial charge in [-0.15, -0.1) is 0 Å². The minimum Gasteiger partial charge on any atom is -0.496 e. The first-order valence-corrected chi connectivity index (χ1v) is 18.9. The zero-order valence-electron chi connectivity index (χ0n) is 32.8. The molecule has 306 valence electrons. The molecule has 0 radical (unpaired) electrons. The first kappa shape index (κ1) is 42.1. The van der Waals surface area contributed by atoms with Crippen LogP contribution in [0.15, 0.2) is 54.6 Å². The van der Waals surface area contributed by atoms with Gasteiger partial charge in [0.1, 0.15) is 23.6 Å². The van der Waals surface area contributed by atoms with E-state index in [2.05, 4.69) is 21.3 Å². The number of aryl methyl sites for hydroxylation is 1. The fourth-order valence-corrected chi connectivity index (χ4v) is 6.41. The maximum atomic E-state index is 13.7. The number of amides is 5. The Bertz CT molecular complexity index is 1930. The van der Waals surface area contributed by atoms with Crippen molar-refractivity contribution in [1.82, 2.24) is 26.2 Å². The minimum absolute atomic E-state index is 0.0745. The van der Waals surface area contributed by atoms with Crippen LogP contribution in [0.3, 0.4) is 0 Å². The second kappa shape index (κ2) is 19.7. The molecule has 0 fully saturated rings. The van der Waals surface area contributed by atoms with Crippen LogP contribution < -0.4 is 45.0 Å². The molecule has 0 unspecified atom stereocenters. The Morgan fingerprint density at radius 1 is 0.842 bits per heavy atom. The largest absolute Gasteiger partial charge is 0.496 e. The van der Waals surface area contributed by atoms with Gasteiger partial charge in [0.2, 0.25) is 30.4 Å². The number of nitrogens with one attached hydrogen (secondary N) is 4. The molecule has 2 bridgehead atoms. The van der Waals surface area contributed by atoms with Crippen LogP contribution in [0.25, 0.3) is 0 Å². The molecule has 16 heteroatoms. The maximum Gasteiger partial charge on any atom is 0.251 e. The van der Waals surface area contributed by atoms with Crippen LogP contribution in [-0.4, -0.2) is 98.4 Å². The summed E-state index contributed by atoms with van der Waals surface area (Å²) in [6.45, 7) is 4.93. The lowest BCUT2D eigenvalue weighted by molar-refractivity contribution is -0.138. The van der Waals surface area contributed by atoms with Crippen LogP contribution in [0.5, 0.6) is 34.5 Å². The third kappa shape index (κ3) is 11.1. The highest BCUT2D eigenvalue weighted by Crippen LogP contribution is 2.37. The number of rotatable bonds is 7. The number of nitrogens with zero attached hydrogens (tertiary/aromatic N) is 1. The number of carbonyl (C=O) groups excluding carboxylic acids is 5. The van der Waals surface area contributed by atoms with Crippen LogP contribution in [0.1, 0.15) is 61.5 Å². The number of aliphatic hydroxyl groups excluding tert-OH is 1. The predicted octanol–water partition coefficient (Wildman–Crippen LogP) is 2.83. The Balaban J connectivity index is 1.40. The van der Waals surface area contributed by atoms with E-state index in [0.29, 0.717) is 59.1 Å². The monoisotopic (exact) mass is 789 g/mol.